The largest absolute Gasteiger partial charge is 0.326 e. The second kappa shape index (κ2) is 5.97. The fourth-order valence-corrected chi connectivity index (χ4v) is 1.86. The number of H-pyrrole nitrogens is 1. The lowest BCUT2D eigenvalue weighted by atomic mass is 9.93. The molecule has 0 radical (unpaired) electrons. The number of rotatable bonds is 3. The van der Waals surface area contributed by atoms with Crippen LogP contribution in [0.1, 0.15) is 33.4 Å². The van der Waals surface area contributed by atoms with Gasteiger partial charge in [-0.25, -0.2) is 0 Å². The number of amides is 1. The van der Waals surface area contributed by atoms with Crippen LogP contribution >= 0.6 is 0 Å². The van der Waals surface area contributed by atoms with Crippen molar-refractivity contribution in [3.8, 4) is 0 Å². The molecule has 1 aromatic heterocycles. The Hall–Kier alpha value is -2.70. The molecule has 2 aromatic rings. The minimum atomic E-state index is -0.362. The van der Waals surface area contributed by atoms with E-state index in [9.17, 15) is 9.59 Å². The van der Waals surface area contributed by atoms with E-state index in [4.69, 9.17) is 0 Å². The summed E-state index contributed by atoms with van der Waals surface area (Å²) in [5, 5.41) is 13.6. The van der Waals surface area contributed by atoms with Crippen molar-refractivity contribution in [1.82, 2.24) is 15.2 Å². The van der Waals surface area contributed by atoms with Gasteiger partial charge in [-0.05, 0) is 24.3 Å². The first-order valence-corrected chi connectivity index (χ1v) is 6.88. The number of carbonyl (C=O) groups excluding carboxylic acids is 1. The van der Waals surface area contributed by atoms with Gasteiger partial charge in [-0.15, -0.1) is 10.2 Å². The maximum absolute atomic E-state index is 12.0. The molecule has 0 saturated carbocycles. The summed E-state index contributed by atoms with van der Waals surface area (Å²) in [6.45, 7) is 7.16. The third-order valence-corrected chi connectivity index (χ3v) is 2.88. The molecule has 0 aliphatic rings. The Morgan fingerprint density at radius 3 is 2.18 bits per heavy atom. The molecule has 3 N–H and O–H groups in total. The van der Waals surface area contributed by atoms with E-state index in [1.165, 1.54) is 6.92 Å². The lowest BCUT2D eigenvalue weighted by Gasteiger charge is -2.15. The third-order valence-electron chi connectivity index (χ3n) is 2.88. The molecule has 0 saturated heterocycles. The lowest BCUT2D eigenvalue weighted by Crippen LogP contribution is -2.28. The van der Waals surface area contributed by atoms with Gasteiger partial charge in [-0.3, -0.25) is 14.6 Å². The lowest BCUT2D eigenvalue weighted by molar-refractivity contribution is -0.114. The van der Waals surface area contributed by atoms with Crippen molar-refractivity contribution in [3.05, 3.63) is 40.3 Å². The highest BCUT2D eigenvalue weighted by atomic mass is 16.1. The number of carbonyl (C=O) groups is 1. The molecule has 0 aliphatic heterocycles. The Bertz CT molecular complexity index is 729. The molecule has 0 atom stereocenters. The van der Waals surface area contributed by atoms with Gasteiger partial charge in [0, 0.05) is 23.7 Å². The van der Waals surface area contributed by atoms with Crippen molar-refractivity contribution in [2.45, 2.75) is 33.1 Å². The predicted octanol–water partition coefficient (Wildman–Crippen LogP) is 2.16. The maximum Gasteiger partial charge on any atom is 0.274 e. The predicted molar refractivity (Wildman–Crippen MR) is 85.4 cm³/mol. The SMILES string of the molecule is CC(=O)Nc1ccc(Nc2nnc(C(C)(C)C)c(=O)[nH]2)cc1. The topological polar surface area (TPSA) is 99.8 Å². The quantitative estimate of drug-likeness (QED) is 0.806. The number of hydrogen-bond donors (Lipinski definition) is 3. The average molecular weight is 301 g/mol. The molecule has 0 bridgehead atoms. The smallest absolute Gasteiger partial charge is 0.274 e. The molecule has 1 amide bonds. The summed E-state index contributed by atoms with van der Waals surface area (Å²) in [7, 11) is 0. The van der Waals surface area contributed by atoms with Gasteiger partial charge in [0.1, 0.15) is 5.69 Å². The first kappa shape index (κ1) is 15.7. The van der Waals surface area contributed by atoms with Crippen LogP contribution in [0.25, 0.3) is 0 Å². The monoisotopic (exact) mass is 301 g/mol. The Kier molecular flexibility index (Phi) is 4.25. The number of nitrogens with one attached hydrogen (secondary N) is 3. The first-order valence-electron chi connectivity index (χ1n) is 6.88. The molecule has 2 rings (SSSR count). The van der Waals surface area contributed by atoms with E-state index < -0.39 is 0 Å². The second-order valence-electron chi connectivity index (χ2n) is 5.98. The van der Waals surface area contributed by atoms with Crippen LogP contribution in [0.4, 0.5) is 17.3 Å². The van der Waals surface area contributed by atoms with Crippen LogP contribution in [0.5, 0.6) is 0 Å². The van der Waals surface area contributed by atoms with Gasteiger partial charge in [0.15, 0.2) is 0 Å². The molecule has 1 heterocycles. The van der Waals surface area contributed by atoms with E-state index in [2.05, 4.69) is 25.8 Å². The highest BCUT2D eigenvalue weighted by molar-refractivity contribution is 5.88. The summed E-state index contributed by atoms with van der Waals surface area (Å²) < 4.78 is 0. The van der Waals surface area contributed by atoms with Gasteiger partial charge >= 0.3 is 0 Å². The van der Waals surface area contributed by atoms with Gasteiger partial charge in [0.05, 0.1) is 0 Å². The van der Waals surface area contributed by atoms with Gasteiger partial charge in [-0.2, -0.15) is 0 Å². The number of nitrogens with zero attached hydrogens (tertiary/aromatic N) is 2. The van der Waals surface area contributed by atoms with E-state index in [0.717, 1.165) is 5.69 Å². The van der Waals surface area contributed by atoms with Crippen LogP contribution in [-0.2, 0) is 10.2 Å². The Balaban J connectivity index is 2.16. The molecule has 116 valence electrons. The van der Waals surface area contributed by atoms with Crippen LogP contribution in [0, 0.1) is 0 Å². The number of benzene rings is 1. The van der Waals surface area contributed by atoms with Crippen molar-refractivity contribution in [1.29, 1.82) is 0 Å². The number of aromatic amines is 1. The normalized spacial score (nSPS) is 11.1. The van der Waals surface area contributed by atoms with E-state index in [1.807, 2.05) is 20.8 Å². The summed E-state index contributed by atoms with van der Waals surface area (Å²) in [5.41, 5.74) is 1.18. The Morgan fingerprint density at radius 1 is 1.09 bits per heavy atom. The fourth-order valence-electron chi connectivity index (χ4n) is 1.86. The zero-order valence-electron chi connectivity index (χ0n) is 13.0. The van der Waals surface area contributed by atoms with Gasteiger partial charge in [-0.1, -0.05) is 20.8 Å². The summed E-state index contributed by atoms with van der Waals surface area (Å²) in [4.78, 5) is 25.6. The van der Waals surface area contributed by atoms with Crippen molar-refractivity contribution >= 4 is 23.2 Å². The summed E-state index contributed by atoms with van der Waals surface area (Å²) >= 11 is 0. The summed E-state index contributed by atoms with van der Waals surface area (Å²) in [6.07, 6.45) is 0. The average Bonchev–Trinajstić information content (AvgIpc) is 2.39. The van der Waals surface area contributed by atoms with Gasteiger partial charge in [0.2, 0.25) is 11.9 Å². The molecule has 0 aliphatic carbocycles. The zero-order valence-corrected chi connectivity index (χ0v) is 13.0. The van der Waals surface area contributed by atoms with E-state index in [1.54, 1.807) is 24.3 Å². The molecule has 0 unspecified atom stereocenters. The molecular weight excluding hydrogens is 282 g/mol. The highest BCUT2D eigenvalue weighted by Crippen LogP contribution is 2.18. The molecule has 0 fully saturated rings. The minimum Gasteiger partial charge on any atom is -0.326 e. The standard InChI is InChI=1S/C15H19N5O2/c1-9(21)16-10-5-7-11(8-6-10)17-14-18-13(22)12(19-20-14)15(2,3)4/h5-8H,1-4H3,(H,16,21)(H2,17,18,20,22). The second-order valence-corrected chi connectivity index (χ2v) is 5.98. The van der Waals surface area contributed by atoms with Crippen LogP contribution in [0.3, 0.4) is 0 Å². The van der Waals surface area contributed by atoms with Crippen molar-refractivity contribution in [2.75, 3.05) is 10.6 Å². The molecular formula is C15H19N5O2. The molecule has 22 heavy (non-hydrogen) atoms. The van der Waals surface area contributed by atoms with Gasteiger partial charge in [0.25, 0.3) is 5.56 Å². The highest BCUT2D eigenvalue weighted by Gasteiger charge is 2.20. The van der Waals surface area contributed by atoms with E-state index >= 15 is 0 Å². The zero-order chi connectivity index (χ0) is 16.3. The van der Waals surface area contributed by atoms with Crippen LogP contribution < -0.4 is 16.2 Å². The number of hydrogen-bond acceptors (Lipinski definition) is 5. The number of aromatic nitrogens is 3. The molecule has 7 nitrogen and oxygen atoms in total. The first-order chi connectivity index (χ1) is 10.3. The van der Waals surface area contributed by atoms with Crippen LogP contribution in [-0.4, -0.2) is 21.1 Å². The summed E-state index contributed by atoms with van der Waals surface area (Å²) in [5.74, 6) is 0.138. The number of anilines is 3. The third kappa shape index (κ3) is 3.91. The maximum atomic E-state index is 12.0. The van der Waals surface area contributed by atoms with E-state index in [0.29, 0.717) is 11.4 Å². The fraction of sp³-hybridized carbons (Fsp3) is 0.333. The van der Waals surface area contributed by atoms with E-state index in [-0.39, 0.29) is 22.8 Å². The van der Waals surface area contributed by atoms with Crippen molar-refractivity contribution in [2.24, 2.45) is 0 Å². The summed E-state index contributed by atoms with van der Waals surface area (Å²) in [6, 6.07) is 7.03. The Morgan fingerprint density at radius 2 is 1.68 bits per heavy atom. The molecule has 7 heteroatoms. The molecule has 1 aromatic carbocycles. The van der Waals surface area contributed by atoms with Crippen LogP contribution in [0.2, 0.25) is 0 Å². The Labute approximate surface area is 128 Å². The van der Waals surface area contributed by atoms with Gasteiger partial charge < -0.3 is 10.6 Å². The van der Waals surface area contributed by atoms with Crippen molar-refractivity contribution in [3.63, 3.8) is 0 Å². The van der Waals surface area contributed by atoms with Crippen molar-refractivity contribution < 1.29 is 4.79 Å². The van der Waals surface area contributed by atoms with Crippen LogP contribution in [0.15, 0.2) is 29.1 Å². The minimum absolute atomic E-state index is 0.131. The molecule has 0 spiro atoms.